The van der Waals surface area contributed by atoms with Crippen molar-refractivity contribution in [3.05, 3.63) is 54.1 Å². The van der Waals surface area contributed by atoms with Crippen molar-refractivity contribution in [1.82, 2.24) is 0 Å². The number of benzene rings is 2. The van der Waals surface area contributed by atoms with Crippen LogP contribution in [-0.4, -0.2) is 11.5 Å². The number of nitrogen functional groups attached to an aromatic ring is 1. The average Bonchev–Trinajstić information content (AvgIpc) is 2.62. The van der Waals surface area contributed by atoms with Crippen molar-refractivity contribution in [1.29, 1.82) is 0 Å². The molecule has 1 unspecified atom stereocenters. The Labute approximate surface area is 143 Å². The first kappa shape index (κ1) is 16.4. The van der Waals surface area contributed by atoms with Gasteiger partial charge in [0.05, 0.1) is 11.7 Å². The Morgan fingerprint density at radius 2 is 1.75 bits per heavy atom. The van der Waals surface area contributed by atoms with Crippen LogP contribution in [0.4, 0.5) is 11.4 Å². The van der Waals surface area contributed by atoms with E-state index in [9.17, 15) is 4.79 Å². The van der Waals surface area contributed by atoms with Crippen LogP contribution in [0.1, 0.15) is 45.2 Å². The molecule has 3 rings (SSSR count). The topological polar surface area (TPSA) is 55.6 Å². The van der Waals surface area contributed by atoms with Crippen LogP contribution in [0.5, 0.6) is 5.75 Å². The minimum absolute atomic E-state index is 0.0192. The highest BCUT2D eigenvalue weighted by Gasteiger charge is 2.48. The van der Waals surface area contributed by atoms with Crippen molar-refractivity contribution >= 4 is 17.3 Å². The molecule has 1 atom stereocenters. The zero-order chi connectivity index (χ0) is 17.3. The predicted molar refractivity (Wildman–Crippen MR) is 97.1 cm³/mol. The molecule has 1 amide bonds. The first-order valence-electron chi connectivity index (χ1n) is 8.50. The Balaban J connectivity index is 2.17. The van der Waals surface area contributed by atoms with Crippen molar-refractivity contribution in [3.63, 3.8) is 0 Å². The van der Waals surface area contributed by atoms with Crippen LogP contribution in [0.15, 0.2) is 48.5 Å². The molecular weight excluding hydrogens is 300 g/mol. The van der Waals surface area contributed by atoms with Crippen LogP contribution < -0.4 is 15.4 Å². The maximum absolute atomic E-state index is 13.4. The summed E-state index contributed by atoms with van der Waals surface area (Å²) < 4.78 is 6.16. The summed E-state index contributed by atoms with van der Waals surface area (Å²) in [6.45, 7) is 6.01. The van der Waals surface area contributed by atoms with Crippen LogP contribution in [0.3, 0.4) is 0 Å². The maximum atomic E-state index is 13.4. The van der Waals surface area contributed by atoms with E-state index in [0.29, 0.717) is 30.0 Å². The number of anilines is 2. The number of rotatable bonds is 4. The molecule has 0 aromatic heterocycles. The van der Waals surface area contributed by atoms with Gasteiger partial charge in [-0.3, -0.25) is 9.69 Å². The second-order valence-corrected chi connectivity index (χ2v) is 6.26. The van der Waals surface area contributed by atoms with Gasteiger partial charge in [0.2, 0.25) is 0 Å². The van der Waals surface area contributed by atoms with Gasteiger partial charge >= 0.3 is 0 Å². The number of ether oxygens (including phenoxy) is 1. The molecule has 0 saturated heterocycles. The lowest BCUT2D eigenvalue weighted by atomic mass is 9.90. The second-order valence-electron chi connectivity index (χ2n) is 6.26. The largest absolute Gasteiger partial charge is 0.475 e. The third-order valence-electron chi connectivity index (χ3n) is 5.00. The first-order chi connectivity index (χ1) is 11.5. The van der Waals surface area contributed by atoms with E-state index in [1.54, 1.807) is 0 Å². The number of nitrogens with zero attached hydrogens (tertiary/aromatic N) is 1. The molecule has 4 heteroatoms. The molecule has 2 aromatic carbocycles. The van der Waals surface area contributed by atoms with Gasteiger partial charge in [-0.1, -0.05) is 50.2 Å². The molecule has 126 valence electrons. The van der Waals surface area contributed by atoms with Crippen LogP contribution in [0.25, 0.3) is 0 Å². The Morgan fingerprint density at radius 1 is 1.08 bits per heavy atom. The van der Waals surface area contributed by atoms with E-state index in [-0.39, 0.29) is 11.9 Å². The van der Waals surface area contributed by atoms with E-state index in [4.69, 9.17) is 10.5 Å². The fourth-order valence-electron chi connectivity index (χ4n) is 3.40. The monoisotopic (exact) mass is 324 g/mol. The summed E-state index contributed by atoms with van der Waals surface area (Å²) in [5, 5.41) is 0. The Morgan fingerprint density at radius 3 is 2.38 bits per heavy atom. The molecule has 4 nitrogen and oxygen atoms in total. The number of hydrogen-bond donors (Lipinski definition) is 1. The van der Waals surface area contributed by atoms with Gasteiger partial charge in [0.15, 0.2) is 5.60 Å². The zero-order valence-electron chi connectivity index (χ0n) is 14.5. The van der Waals surface area contributed by atoms with Gasteiger partial charge in [-0.2, -0.15) is 0 Å². The summed E-state index contributed by atoms with van der Waals surface area (Å²) in [5.41, 5.74) is 7.69. The van der Waals surface area contributed by atoms with Gasteiger partial charge in [-0.05, 0) is 37.5 Å². The van der Waals surface area contributed by atoms with Gasteiger partial charge < -0.3 is 10.5 Å². The Bertz CT molecular complexity index is 739. The highest BCUT2D eigenvalue weighted by molar-refractivity contribution is 6.06. The number of amides is 1. The molecule has 1 aliphatic heterocycles. The van der Waals surface area contributed by atoms with Gasteiger partial charge in [-0.25, -0.2) is 0 Å². The molecular formula is C20H24N2O2. The minimum Gasteiger partial charge on any atom is -0.475 e. The molecule has 1 heterocycles. The van der Waals surface area contributed by atoms with E-state index in [1.807, 2.05) is 74.2 Å². The van der Waals surface area contributed by atoms with Crippen molar-refractivity contribution in [3.8, 4) is 5.75 Å². The quantitative estimate of drug-likeness (QED) is 0.852. The van der Waals surface area contributed by atoms with E-state index < -0.39 is 5.60 Å². The number of hydrogen-bond acceptors (Lipinski definition) is 3. The van der Waals surface area contributed by atoms with E-state index in [2.05, 4.69) is 0 Å². The Kier molecular flexibility index (Phi) is 4.22. The zero-order valence-corrected chi connectivity index (χ0v) is 14.5. The first-order valence-corrected chi connectivity index (χ1v) is 8.50. The lowest BCUT2D eigenvalue weighted by molar-refractivity contribution is -0.136. The second kappa shape index (κ2) is 6.19. The van der Waals surface area contributed by atoms with Crippen LogP contribution in [0.2, 0.25) is 0 Å². The summed E-state index contributed by atoms with van der Waals surface area (Å²) >= 11 is 0. The highest BCUT2D eigenvalue weighted by Crippen LogP contribution is 2.47. The van der Waals surface area contributed by atoms with Crippen LogP contribution in [-0.2, 0) is 4.79 Å². The SMILES string of the molecule is CCC1(CC)Oc2cccc(N)c2N(C(C)c2ccccc2)C1=O. The summed E-state index contributed by atoms with van der Waals surface area (Å²) in [5.74, 6) is 0.662. The molecule has 0 saturated carbocycles. The number of nitrogens with two attached hydrogens (primary N) is 1. The molecule has 0 aliphatic carbocycles. The molecule has 2 N–H and O–H groups in total. The van der Waals surface area contributed by atoms with Gasteiger partial charge in [0, 0.05) is 0 Å². The number of para-hydroxylation sites is 1. The number of carbonyl (C=O) groups is 1. The Hall–Kier alpha value is -2.49. The molecule has 0 bridgehead atoms. The van der Waals surface area contributed by atoms with Crippen molar-refractivity contribution in [2.45, 2.75) is 45.3 Å². The third-order valence-corrected chi connectivity index (χ3v) is 5.00. The minimum atomic E-state index is -0.830. The molecule has 0 radical (unpaired) electrons. The van der Waals surface area contributed by atoms with Gasteiger partial charge in [-0.15, -0.1) is 0 Å². The normalized spacial score (nSPS) is 17.1. The van der Waals surface area contributed by atoms with Crippen molar-refractivity contribution in [2.75, 3.05) is 10.6 Å². The van der Waals surface area contributed by atoms with E-state index >= 15 is 0 Å². The molecule has 2 aromatic rings. The van der Waals surface area contributed by atoms with Crippen molar-refractivity contribution in [2.24, 2.45) is 0 Å². The number of carbonyl (C=O) groups excluding carboxylic acids is 1. The summed E-state index contributed by atoms with van der Waals surface area (Å²) in [4.78, 5) is 15.2. The number of fused-ring (bicyclic) bond motifs is 1. The van der Waals surface area contributed by atoms with Gasteiger partial charge in [0.25, 0.3) is 5.91 Å². The van der Waals surface area contributed by atoms with E-state index in [0.717, 1.165) is 5.56 Å². The third kappa shape index (κ3) is 2.42. The lowest BCUT2D eigenvalue weighted by Gasteiger charge is -2.44. The van der Waals surface area contributed by atoms with E-state index in [1.165, 1.54) is 0 Å². The maximum Gasteiger partial charge on any atom is 0.271 e. The average molecular weight is 324 g/mol. The smallest absolute Gasteiger partial charge is 0.271 e. The standard InChI is InChI=1S/C20H24N2O2/c1-4-20(5-2)19(23)22(14(3)15-10-7-6-8-11-15)18-16(21)12-9-13-17(18)24-20/h6-14H,4-5,21H2,1-3H3. The van der Waals surface area contributed by atoms with Crippen LogP contribution in [0, 0.1) is 0 Å². The fourth-order valence-corrected chi connectivity index (χ4v) is 3.40. The predicted octanol–water partition coefficient (Wildman–Crippen LogP) is 4.31. The highest BCUT2D eigenvalue weighted by atomic mass is 16.5. The lowest BCUT2D eigenvalue weighted by Crippen LogP contribution is -2.56. The summed E-state index contributed by atoms with van der Waals surface area (Å²) in [6.07, 6.45) is 1.24. The van der Waals surface area contributed by atoms with Gasteiger partial charge in [0.1, 0.15) is 11.4 Å². The molecule has 1 aliphatic rings. The van der Waals surface area contributed by atoms with Crippen molar-refractivity contribution < 1.29 is 9.53 Å². The molecule has 24 heavy (non-hydrogen) atoms. The fraction of sp³-hybridized carbons (Fsp3) is 0.350. The molecule has 0 fully saturated rings. The molecule has 0 spiro atoms. The van der Waals surface area contributed by atoms with Crippen LogP contribution >= 0.6 is 0 Å². The summed E-state index contributed by atoms with van der Waals surface area (Å²) in [7, 11) is 0. The summed E-state index contributed by atoms with van der Waals surface area (Å²) in [6, 6.07) is 15.5.